The molecule has 0 atom stereocenters. The molecule has 1 saturated heterocycles. The number of benzene rings is 2. The van der Waals surface area contributed by atoms with E-state index in [1.165, 1.54) is 13.4 Å². The lowest BCUT2D eigenvalue weighted by atomic mass is 9.92. The lowest BCUT2D eigenvalue weighted by Gasteiger charge is -2.42. The van der Waals surface area contributed by atoms with Gasteiger partial charge in [0.2, 0.25) is 0 Å². The van der Waals surface area contributed by atoms with Gasteiger partial charge in [-0.25, -0.2) is 13.2 Å². The Morgan fingerprint density at radius 3 is 1.85 bits per heavy atom. The van der Waals surface area contributed by atoms with Crippen molar-refractivity contribution in [2.75, 3.05) is 26.5 Å². The van der Waals surface area contributed by atoms with E-state index in [2.05, 4.69) is 4.90 Å². The summed E-state index contributed by atoms with van der Waals surface area (Å²) >= 11 is 13.3. The van der Waals surface area contributed by atoms with Gasteiger partial charge in [0.25, 0.3) is 0 Å². The minimum Gasteiger partial charge on any atom is -0.465 e. The monoisotopic (exact) mass is 521 g/mol. The summed E-state index contributed by atoms with van der Waals surface area (Å²) in [5, 5.41) is 1.30. The summed E-state index contributed by atoms with van der Waals surface area (Å²) in [5.74, 6) is -0.482. The molecule has 0 saturated carbocycles. The van der Waals surface area contributed by atoms with Gasteiger partial charge in [-0.2, -0.15) is 0 Å². The number of carbonyl (C=O) groups is 1. The SMILES string of the molecule is COC(=O)c1ccc(C(=C2CN(C(c3ccc(Cl)cc3)c3ccc(Cl)cc3)C2)S(C)(=O)=O)s1. The van der Waals surface area contributed by atoms with Crippen LogP contribution in [-0.4, -0.2) is 45.7 Å². The number of hydrogen-bond acceptors (Lipinski definition) is 6. The topological polar surface area (TPSA) is 63.7 Å². The molecule has 2 heterocycles. The first-order chi connectivity index (χ1) is 15.7. The minimum atomic E-state index is -3.51. The molecule has 9 heteroatoms. The van der Waals surface area contributed by atoms with Crippen LogP contribution in [0.25, 0.3) is 4.91 Å². The number of nitrogens with zero attached hydrogens (tertiary/aromatic N) is 1. The molecular weight excluding hydrogens is 501 g/mol. The van der Waals surface area contributed by atoms with Gasteiger partial charge in [0.05, 0.1) is 18.1 Å². The fourth-order valence-corrected chi connectivity index (χ4v) is 6.79. The maximum atomic E-state index is 12.7. The number of rotatable bonds is 6. The lowest BCUT2D eigenvalue weighted by molar-refractivity contribution is 0.0606. The Hall–Kier alpha value is -2.16. The Morgan fingerprint density at radius 1 is 0.909 bits per heavy atom. The molecule has 172 valence electrons. The highest BCUT2D eigenvalue weighted by molar-refractivity contribution is 8.00. The Morgan fingerprint density at radius 2 is 1.39 bits per heavy atom. The van der Waals surface area contributed by atoms with E-state index >= 15 is 0 Å². The van der Waals surface area contributed by atoms with Crippen LogP contribution in [-0.2, 0) is 14.6 Å². The van der Waals surface area contributed by atoms with Crippen LogP contribution in [0, 0.1) is 0 Å². The summed E-state index contributed by atoms with van der Waals surface area (Å²) in [4.78, 5) is 15.2. The molecule has 0 aliphatic carbocycles. The molecule has 4 rings (SSSR count). The van der Waals surface area contributed by atoms with Crippen LogP contribution in [0.2, 0.25) is 10.0 Å². The van der Waals surface area contributed by atoms with Crippen molar-refractivity contribution in [2.24, 2.45) is 0 Å². The Balaban J connectivity index is 1.70. The lowest BCUT2D eigenvalue weighted by Crippen LogP contribution is -2.44. The van der Waals surface area contributed by atoms with Crippen molar-refractivity contribution in [3.8, 4) is 0 Å². The highest BCUT2D eigenvalue weighted by Crippen LogP contribution is 2.40. The van der Waals surface area contributed by atoms with Gasteiger partial charge in [-0.05, 0) is 53.1 Å². The second-order valence-corrected chi connectivity index (χ2v) is 11.7. The van der Waals surface area contributed by atoms with Crippen LogP contribution in [0.5, 0.6) is 0 Å². The average Bonchev–Trinajstić information content (AvgIpc) is 3.22. The summed E-state index contributed by atoms with van der Waals surface area (Å²) in [7, 11) is -2.21. The fourth-order valence-electron chi connectivity index (χ4n) is 3.96. The van der Waals surface area contributed by atoms with E-state index in [1.54, 1.807) is 12.1 Å². The minimum absolute atomic E-state index is 0.0851. The number of halogens is 2. The highest BCUT2D eigenvalue weighted by atomic mass is 35.5. The average molecular weight is 522 g/mol. The first-order valence-corrected chi connectivity index (χ1v) is 13.5. The summed E-state index contributed by atoms with van der Waals surface area (Å²) < 4.78 is 30.1. The molecule has 33 heavy (non-hydrogen) atoms. The quantitative estimate of drug-likeness (QED) is 0.389. The molecular formula is C24H21Cl2NO4S2. The van der Waals surface area contributed by atoms with Crippen LogP contribution >= 0.6 is 34.5 Å². The largest absolute Gasteiger partial charge is 0.465 e. The van der Waals surface area contributed by atoms with Gasteiger partial charge < -0.3 is 4.74 Å². The third-order valence-corrected chi connectivity index (χ3v) is 8.40. The van der Waals surface area contributed by atoms with Crippen molar-refractivity contribution in [3.05, 3.63) is 97.2 Å². The standard InChI is InChI=1S/C24H21Cl2NO4S2/c1-31-24(28)21-12-11-20(32-21)23(33(2,29)30)17-13-27(14-17)22(15-3-7-18(25)8-4-15)16-5-9-19(26)10-6-16/h3-12,22H,13-14H2,1-2H3. The molecule has 5 nitrogen and oxygen atoms in total. The summed E-state index contributed by atoms with van der Waals surface area (Å²) in [5.41, 5.74) is 2.90. The third-order valence-electron chi connectivity index (χ3n) is 5.43. The zero-order valence-electron chi connectivity index (χ0n) is 17.9. The molecule has 0 N–H and O–H groups in total. The van der Waals surface area contributed by atoms with Gasteiger partial charge in [0, 0.05) is 34.3 Å². The first-order valence-electron chi connectivity index (χ1n) is 10.0. The van der Waals surface area contributed by atoms with Crippen LogP contribution in [0.15, 0.2) is 66.2 Å². The molecule has 0 spiro atoms. The second kappa shape index (κ2) is 9.60. The van der Waals surface area contributed by atoms with Crippen molar-refractivity contribution >= 4 is 55.3 Å². The molecule has 2 aromatic carbocycles. The van der Waals surface area contributed by atoms with E-state index in [9.17, 15) is 13.2 Å². The van der Waals surface area contributed by atoms with Gasteiger partial charge in [0.15, 0.2) is 9.84 Å². The van der Waals surface area contributed by atoms with Crippen LogP contribution < -0.4 is 0 Å². The number of methoxy groups -OCH3 is 1. The Labute approximate surface area is 207 Å². The predicted molar refractivity (Wildman–Crippen MR) is 134 cm³/mol. The number of likely N-dealkylation sites (tertiary alicyclic amines) is 1. The van der Waals surface area contributed by atoms with Crippen molar-refractivity contribution in [1.82, 2.24) is 4.90 Å². The van der Waals surface area contributed by atoms with Gasteiger partial charge in [-0.15, -0.1) is 11.3 Å². The van der Waals surface area contributed by atoms with E-state index in [-0.39, 0.29) is 10.9 Å². The molecule has 3 aromatic rings. The second-order valence-electron chi connectivity index (χ2n) is 7.77. The smallest absolute Gasteiger partial charge is 0.348 e. The number of thiophene rings is 1. The number of esters is 1. The van der Waals surface area contributed by atoms with Crippen molar-refractivity contribution in [3.63, 3.8) is 0 Å². The predicted octanol–water partition coefficient (Wildman–Crippen LogP) is 5.70. The van der Waals surface area contributed by atoms with Crippen LogP contribution in [0.3, 0.4) is 0 Å². The highest BCUT2D eigenvalue weighted by Gasteiger charge is 2.35. The van der Waals surface area contributed by atoms with E-state index in [0.717, 1.165) is 28.0 Å². The molecule has 0 amide bonds. The molecule has 0 bridgehead atoms. The number of sulfone groups is 1. The molecule has 0 unspecified atom stereocenters. The molecule has 0 radical (unpaired) electrons. The Kier molecular flexibility index (Phi) is 6.98. The Bertz CT molecular complexity index is 1260. The van der Waals surface area contributed by atoms with E-state index in [0.29, 0.717) is 32.9 Å². The van der Waals surface area contributed by atoms with E-state index < -0.39 is 15.8 Å². The van der Waals surface area contributed by atoms with Gasteiger partial charge in [-0.3, -0.25) is 4.90 Å². The van der Waals surface area contributed by atoms with Crippen molar-refractivity contribution in [2.45, 2.75) is 6.04 Å². The van der Waals surface area contributed by atoms with E-state index in [1.807, 2.05) is 48.5 Å². The van der Waals surface area contributed by atoms with Gasteiger partial charge in [-0.1, -0.05) is 47.5 Å². The molecule has 1 aliphatic heterocycles. The van der Waals surface area contributed by atoms with Crippen molar-refractivity contribution in [1.29, 1.82) is 0 Å². The summed E-state index contributed by atoms with van der Waals surface area (Å²) in [6.07, 6.45) is 1.20. The normalized spacial score (nSPS) is 14.3. The molecule has 1 fully saturated rings. The zero-order chi connectivity index (χ0) is 23.8. The first kappa shape index (κ1) is 24.0. The third kappa shape index (κ3) is 5.18. The summed E-state index contributed by atoms with van der Waals surface area (Å²) in [6, 6.07) is 18.5. The number of carbonyl (C=O) groups excluding carboxylic acids is 1. The van der Waals surface area contributed by atoms with E-state index in [4.69, 9.17) is 27.9 Å². The van der Waals surface area contributed by atoms with Gasteiger partial charge >= 0.3 is 5.97 Å². The summed E-state index contributed by atoms with van der Waals surface area (Å²) in [6.45, 7) is 0.952. The molecule has 1 aliphatic rings. The maximum Gasteiger partial charge on any atom is 0.348 e. The molecule has 1 aromatic heterocycles. The van der Waals surface area contributed by atoms with Crippen LogP contribution in [0.4, 0.5) is 0 Å². The zero-order valence-corrected chi connectivity index (χ0v) is 21.1. The number of ether oxygens (including phenoxy) is 1. The number of hydrogen-bond donors (Lipinski definition) is 0. The maximum absolute atomic E-state index is 12.7. The van der Waals surface area contributed by atoms with Gasteiger partial charge in [0.1, 0.15) is 4.88 Å². The van der Waals surface area contributed by atoms with Crippen molar-refractivity contribution < 1.29 is 17.9 Å². The fraction of sp³-hybridized carbons (Fsp3) is 0.208. The van der Waals surface area contributed by atoms with Crippen LogP contribution in [0.1, 0.15) is 31.7 Å².